The Morgan fingerprint density at radius 3 is 2.43 bits per heavy atom. The number of hydrogen-bond donors (Lipinski definition) is 2. The van der Waals surface area contributed by atoms with Gasteiger partial charge in [0.05, 0.1) is 12.8 Å². The molecule has 28 heavy (non-hydrogen) atoms. The maximum atomic E-state index is 12.7. The summed E-state index contributed by atoms with van der Waals surface area (Å²) in [5.41, 5.74) is 7.05. The summed E-state index contributed by atoms with van der Waals surface area (Å²) < 4.78 is 5.38. The van der Waals surface area contributed by atoms with E-state index in [2.05, 4.69) is 5.32 Å². The molecule has 6 nitrogen and oxygen atoms in total. The Bertz CT molecular complexity index is 683. The molecule has 1 aromatic carbocycles. The van der Waals surface area contributed by atoms with Crippen molar-refractivity contribution in [3.8, 4) is 5.75 Å². The van der Waals surface area contributed by atoms with E-state index in [0.717, 1.165) is 51.6 Å². The smallest absolute Gasteiger partial charge is 0.253 e. The molecule has 2 fully saturated rings. The van der Waals surface area contributed by atoms with Gasteiger partial charge in [-0.25, -0.2) is 0 Å². The average Bonchev–Trinajstić information content (AvgIpc) is 3.22. The van der Waals surface area contributed by atoms with Crippen LogP contribution < -0.4 is 15.8 Å². The average molecular weight is 410 g/mol. The van der Waals surface area contributed by atoms with Crippen molar-refractivity contribution in [2.75, 3.05) is 32.1 Å². The first-order valence-corrected chi connectivity index (χ1v) is 10.0. The highest BCUT2D eigenvalue weighted by Crippen LogP contribution is 2.39. The van der Waals surface area contributed by atoms with Gasteiger partial charge in [-0.2, -0.15) is 0 Å². The Labute approximate surface area is 173 Å². The van der Waals surface area contributed by atoms with Gasteiger partial charge in [0.15, 0.2) is 0 Å². The second-order valence-corrected chi connectivity index (χ2v) is 7.90. The number of nitrogens with two attached hydrogens (primary N) is 1. The highest BCUT2D eigenvalue weighted by Gasteiger charge is 2.33. The number of methoxy groups -OCH3 is 1. The first kappa shape index (κ1) is 22.5. The molecule has 0 spiro atoms. The minimum atomic E-state index is -0.0987. The number of anilines is 1. The van der Waals surface area contributed by atoms with Crippen LogP contribution >= 0.6 is 12.4 Å². The van der Waals surface area contributed by atoms with Gasteiger partial charge in [-0.15, -0.1) is 12.4 Å². The van der Waals surface area contributed by atoms with Crippen molar-refractivity contribution in [2.24, 2.45) is 11.1 Å². The van der Waals surface area contributed by atoms with E-state index in [1.807, 2.05) is 4.90 Å². The lowest BCUT2D eigenvalue weighted by Crippen LogP contribution is -2.36. The van der Waals surface area contributed by atoms with Crippen LogP contribution in [0.1, 0.15) is 61.7 Å². The molecule has 0 bridgehead atoms. The Balaban J connectivity index is 0.00000280. The molecule has 7 heteroatoms. The van der Waals surface area contributed by atoms with Gasteiger partial charge in [-0.05, 0) is 55.8 Å². The van der Waals surface area contributed by atoms with Gasteiger partial charge >= 0.3 is 0 Å². The third-order valence-corrected chi connectivity index (χ3v) is 6.00. The number of amides is 2. The number of likely N-dealkylation sites (tertiary alicyclic amines) is 1. The second-order valence-electron chi connectivity index (χ2n) is 7.90. The molecule has 1 aromatic rings. The lowest BCUT2D eigenvalue weighted by atomic mass is 9.71. The summed E-state index contributed by atoms with van der Waals surface area (Å²) >= 11 is 0. The van der Waals surface area contributed by atoms with Gasteiger partial charge in [-0.1, -0.05) is 19.3 Å². The number of hydrogen-bond acceptors (Lipinski definition) is 4. The zero-order valence-electron chi connectivity index (χ0n) is 16.7. The minimum Gasteiger partial charge on any atom is -0.495 e. The predicted molar refractivity (Wildman–Crippen MR) is 113 cm³/mol. The van der Waals surface area contributed by atoms with Crippen molar-refractivity contribution < 1.29 is 14.3 Å². The molecule has 1 aliphatic heterocycles. The summed E-state index contributed by atoms with van der Waals surface area (Å²) in [6.07, 6.45) is 8.00. The predicted octanol–water partition coefficient (Wildman–Crippen LogP) is 3.59. The van der Waals surface area contributed by atoms with Crippen molar-refractivity contribution >= 4 is 29.9 Å². The summed E-state index contributed by atoms with van der Waals surface area (Å²) in [5, 5.41) is 2.96. The Morgan fingerprint density at radius 2 is 1.82 bits per heavy atom. The highest BCUT2D eigenvalue weighted by molar-refractivity contribution is 5.98. The SMILES string of the molecule is COc1ccc(C(=O)N2CCCC2)cc1NC(=O)CC1(CN)CCCCC1.Cl. The number of nitrogens with zero attached hydrogens (tertiary/aromatic N) is 1. The van der Waals surface area contributed by atoms with Crippen LogP contribution in [0.2, 0.25) is 0 Å². The summed E-state index contributed by atoms with van der Waals surface area (Å²) in [7, 11) is 1.56. The van der Waals surface area contributed by atoms with E-state index in [1.165, 1.54) is 6.42 Å². The molecular formula is C21H32ClN3O3. The monoisotopic (exact) mass is 409 g/mol. The third kappa shape index (κ3) is 5.17. The molecule has 3 N–H and O–H groups in total. The van der Waals surface area contributed by atoms with E-state index in [-0.39, 0.29) is 29.6 Å². The van der Waals surface area contributed by atoms with Gasteiger partial charge in [-0.3, -0.25) is 9.59 Å². The molecule has 2 aliphatic rings. The van der Waals surface area contributed by atoms with Gasteiger partial charge in [0.2, 0.25) is 5.91 Å². The van der Waals surface area contributed by atoms with Crippen molar-refractivity contribution in [2.45, 2.75) is 51.4 Å². The molecular weight excluding hydrogens is 378 g/mol. The van der Waals surface area contributed by atoms with Crippen LogP contribution in [-0.4, -0.2) is 43.5 Å². The molecule has 156 valence electrons. The van der Waals surface area contributed by atoms with Crippen LogP contribution in [-0.2, 0) is 4.79 Å². The molecule has 0 radical (unpaired) electrons. The maximum Gasteiger partial charge on any atom is 0.253 e. The van der Waals surface area contributed by atoms with E-state index >= 15 is 0 Å². The molecule has 3 rings (SSSR count). The second kappa shape index (κ2) is 10.1. The summed E-state index contributed by atoms with van der Waals surface area (Å²) in [4.78, 5) is 27.2. The lowest BCUT2D eigenvalue weighted by Gasteiger charge is -2.35. The summed E-state index contributed by atoms with van der Waals surface area (Å²) in [6, 6.07) is 5.24. The van der Waals surface area contributed by atoms with E-state index in [1.54, 1.807) is 25.3 Å². The number of rotatable bonds is 6. The number of carbonyl (C=O) groups excluding carboxylic acids is 2. The number of halogens is 1. The van der Waals surface area contributed by atoms with Gasteiger partial charge in [0.1, 0.15) is 5.75 Å². The van der Waals surface area contributed by atoms with Crippen molar-refractivity contribution in [1.82, 2.24) is 4.90 Å². The van der Waals surface area contributed by atoms with Crippen LogP contribution in [0, 0.1) is 5.41 Å². The quantitative estimate of drug-likeness (QED) is 0.751. The van der Waals surface area contributed by atoms with Crippen LogP contribution in [0.3, 0.4) is 0 Å². The fourth-order valence-corrected chi connectivity index (χ4v) is 4.33. The normalized spacial score (nSPS) is 18.3. The molecule has 1 saturated heterocycles. The van der Waals surface area contributed by atoms with Crippen molar-refractivity contribution in [3.05, 3.63) is 23.8 Å². The standard InChI is InChI=1S/C21H31N3O3.ClH/c1-27-18-8-7-16(20(26)24-11-5-6-12-24)13-17(18)23-19(25)14-21(15-22)9-3-2-4-10-21;/h7-8,13H,2-6,9-12,14-15,22H2,1H3,(H,23,25);1H. The van der Waals surface area contributed by atoms with Crippen LogP contribution in [0.25, 0.3) is 0 Å². The fourth-order valence-electron chi connectivity index (χ4n) is 4.33. The summed E-state index contributed by atoms with van der Waals surface area (Å²) in [5.74, 6) is 0.509. The molecule has 0 atom stereocenters. The van der Waals surface area contributed by atoms with E-state index < -0.39 is 0 Å². The summed E-state index contributed by atoms with van der Waals surface area (Å²) in [6.45, 7) is 2.13. The van der Waals surface area contributed by atoms with Crippen molar-refractivity contribution in [3.63, 3.8) is 0 Å². The topological polar surface area (TPSA) is 84.7 Å². The number of benzene rings is 1. The molecule has 0 aromatic heterocycles. The zero-order chi connectivity index (χ0) is 19.3. The van der Waals surface area contributed by atoms with Gasteiger partial charge < -0.3 is 20.7 Å². The third-order valence-electron chi connectivity index (χ3n) is 6.00. The van der Waals surface area contributed by atoms with Crippen LogP contribution in [0.5, 0.6) is 5.75 Å². The maximum absolute atomic E-state index is 12.7. The Hall–Kier alpha value is -1.79. The number of ether oxygens (including phenoxy) is 1. The minimum absolute atomic E-state index is 0. The first-order chi connectivity index (χ1) is 13.1. The Kier molecular flexibility index (Phi) is 8.13. The number of nitrogens with one attached hydrogen (secondary N) is 1. The van der Waals surface area contributed by atoms with Crippen LogP contribution in [0.15, 0.2) is 18.2 Å². The molecule has 1 saturated carbocycles. The fraction of sp³-hybridized carbons (Fsp3) is 0.619. The van der Waals surface area contributed by atoms with Gasteiger partial charge in [0.25, 0.3) is 5.91 Å². The first-order valence-electron chi connectivity index (χ1n) is 10.0. The molecule has 2 amide bonds. The molecule has 1 heterocycles. The van der Waals surface area contributed by atoms with E-state index in [0.29, 0.717) is 30.0 Å². The van der Waals surface area contributed by atoms with E-state index in [9.17, 15) is 9.59 Å². The highest BCUT2D eigenvalue weighted by atomic mass is 35.5. The van der Waals surface area contributed by atoms with E-state index in [4.69, 9.17) is 10.5 Å². The van der Waals surface area contributed by atoms with Crippen molar-refractivity contribution in [1.29, 1.82) is 0 Å². The Morgan fingerprint density at radius 1 is 1.14 bits per heavy atom. The number of carbonyl (C=O) groups is 2. The van der Waals surface area contributed by atoms with Crippen LogP contribution in [0.4, 0.5) is 5.69 Å². The largest absolute Gasteiger partial charge is 0.495 e. The van der Waals surface area contributed by atoms with Gasteiger partial charge in [0, 0.05) is 25.1 Å². The lowest BCUT2D eigenvalue weighted by molar-refractivity contribution is -0.118. The molecule has 1 aliphatic carbocycles. The zero-order valence-corrected chi connectivity index (χ0v) is 17.5. The molecule has 0 unspecified atom stereocenters.